The summed E-state index contributed by atoms with van der Waals surface area (Å²) in [5, 5.41) is 0. The van der Waals surface area contributed by atoms with Crippen LogP contribution in [0.4, 0.5) is 8.78 Å². The van der Waals surface area contributed by atoms with Crippen molar-refractivity contribution in [1.29, 1.82) is 0 Å². The summed E-state index contributed by atoms with van der Waals surface area (Å²) >= 11 is 0. The Labute approximate surface area is 47.6 Å². The number of rotatable bonds is 3. The molecule has 0 aliphatic heterocycles. The molecule has 0 saturated carbocycles. The number of halogens is 2. The van der Waals surface area contributed by atoms with E-state index in [-0.39, 0.29) is 6.42 Å². The van der Waals surface area contributed by atoms with Gasteiger partial charge in [-0.1, -0.05) is 6.92 Å². The summed E-state index contributed by atoms with van der Waals surface area (Å²) in [5.41, 5.74) is 0. The molecule has 0 aromatic rings. The molecule has 3 heteroatoms. The zero-order chi connectivity index (χ0) is 6.57. The molecule has 50 valence electrons. The fourth-order valence-corrected chi connectivity index (χ4v) is 0.300. The third-order valence-corrected chi connectivity index (χ3v) is 0.656. The Hall–Kier alpha value is -0.180. The Morgan fingerprint density at radius 1 is 1.50 bits per heavy atom. The fraction of sp³-hybridized carbons (Fsp3) is 1.00. The van der Waals surface area contributed by atoms with Gasteiger partial charge in [0.2, 0.25) is 6.36 Å². The number of alkyl halides is 2. The van der Waals surface area contributed by atoms with Gasteiger partial charge < -0.3 is 4.74 Å². The topological polar surface area (TPSA) is 9.23 Å². The minimum atomic E-state index is -1.50. The second-order valence-electron chi connectivity index (χ2n) is 1.50. The third kappa shape index (κ3) is 3.99. The first kappa shape index (κ1) is 7.82. The highest BCUT2D eigenvalue weighted by Gasteiger charge is 2.06. The van der Waals surface area contributed by atoms with Crippen LogP contribution in [0.5, 0.6) is 0 Å². The average molecular weight is 124 g/mol. The predicted molar refractivity (Wildman–Crippen MR) is 26.8 cm³/mol. The Bertz CT molecular complexity index is 56.4. The lowest BCUT2D eigenvalue weighted by atomic mass is 10.5. The van der Waals surface area contributed by atoms with Gasteiger partial charge >= 0.3 is 0 Å². The lowest BCUT2D eigenvalue weighted by molar-refractivity contribution is -0.130. The van der Waals surface area contributed by atoms with E-state index in [9.17, 15) is 8.78 Å². The molecule has 0 spiro atoms. The van der Waals surface area contributed by atoms with E-state index in [0.29, 0.717) is 0 Å². The average Bonchev–Trinajstić information content (AvgIpc) is 1.65. The summed E-state index contributed by atoms with van der Waals surface area (Å²) in [5.74, 6) is 0. The van der Waals surface area contributed by atoms with Crippen molar-refractivity contribution >= 4 is 0 Å². The van der Waals surface area contributed by atoms with Gasteiger partial charge in [0.25, 0.3) is 0 Å². The quantitative estimate of drug-likeness (QED) is 0.559. The van der Waals surface area contributed by atoms with Crippen LogP contribution in [-0.4, -0.2) is 12.7 Å². The van der Waals surface area contributed by atoms with Crippen LogP contribution >= 0.6 is 0 Å². The van der Waals surface area contributed by atoms with Crippen LogP contribution in [-0.2, 0) is 4.74 Å². The molecule has 0 fully saturated rings. The molecule has 0 rings (SSSR count). The van der Waals surface area contributed by atoms with Gasteiger partial charge in [0.05, 0.1) is 0 Å². The Morgan fingerprint density at radius 3 is 2.12 bits per heavy atom. The van der Waals surface area contributed by atoms with E-state index in [1.165, 1.54) is 0 Å². The summed E-state index contributed by atoms with van der Waals surface area (Å²) in [4.78, 5) is 0. The first-order valence-corrected chi connectivity index (χ1v) is 2.60. The molecule has 1 nitrogen and oxygen atoms in total. The predicted octanol–water partition coefficient (Wildman–Crippen LogP) is 2.02. The minimum Gasteiger partial charge on any atom is -0.314 e. The molecule has 0 aromatic carbocycles. The van der Waals surface area contributed by atoms with Crippen molar-refractivity contribution in [2.24, 2.45) is 0 Å². The van der Waals surface area contributed by atoms with Gasteiger partial charge in [0.15, 0.2) is 6.36 Å². The van der Waals surface area contributed by atoms with Crippen LogP contribution < -0.4 is 0 Å². The Morgan fingerprint density at radius 2 is 2.00 bits per heavy atom. The van der Waals surface area contributed by atoms with Crippen molar-refractivity contribution in [1.82, 2.24) is 0 Å². The van der Waals surface area contributed by atoms with E-state index in [1.807, 2.05) is 0 Å². The smallest absolute Gasteiger partial charge is 0.201 e. The maximum Gasteiger partial charge on any atom is 0.201 e. The minimum absolute atomic E-state index is 0.203. The van der Waals surface area contributed by atoms with Crippen molar-refractivity contribution in [2.75, 3.05) is 0 Å². The van der Waals surface area contributed by atoms with Crippen molar-refractivity contribution in [3.63, 3.8) is 0 Å². The lowest BCUT2D eigenvalue weighted by Gasteiger charge is -2.06. The van der Waals surface area contributed by atoms with Crippen LogP contribution in [0.25, 0.3) is 0 Å². The molecule has 0 aromatic heterocycles. The number of hydrogen-bond donors (Lipinski definition) is 0. The molecule has 2 unspecified atom stereocenters. The van der Waals surface area contributed by atoms with Crippen molar-refractivity contribution in [2.45, 2.75) is 33.0 Å². The van der Waals surface area contributed by atoms with Gasteiger partial charge in [-0.3, -0.25) is 0 Å². The molecule has 0 bridgehead atoms. The molecule has 0 saturated heterocycles. The van der Waals surface area contributed by atoms with Gasteiger partial charge in [-0.05, 0) is 6.92 Å². The highest BCUT2D eigenvalue weighted by molar-refractivity contribution is 4.34. The first-order valence-electron chi connectivity index (χ1n) is 2.60. The van der Waals surface area contributed by atoms with Gasteiger partial charge in [0, 0.05) is 6.42 Å². The SMILES string of the molecule is CCC(F)OC(C)F. The van der Waals surface area contributed by atoms with Crippen molar-refractivity contribution < 1.29 is 13.5 Å². The largest absolute Gasteiger partial charge is 0.314 e. The van der Waals surface area contributed by atoms with Gasteiger partial charge in [0.1, 0.15) is 0 Å². The van der Waals surface area contributed by atoms with E-state index < -0.39 is 12.7 Å². The van der Waals surface area contributed by atoms with Gasteiger partial charge in [-0.15, -0.1) is 0 Å². The Balaban J connectivity index is 3.10. The van der Waals surface area contributed by atoms with Crippen molar-refractivity contribution in [3.8, 4) is 0 Å². The van der Waals surface area contributed by atoms with Crippen LogP contribution in [0.15, 0.2) is 0 Å². The Kier molecular flexibility index (Phi) is 3.69. The van der Waals surface area contributed by atoms with Crippen molar-refractivity contribution in [3.05, 3.63) is 0 Å². The lowest BCUT2D eigenvalue weighted by Crippen LogP contribution is -2.09. The maximum atomic E-state index is 11.9. The van der Waals surface area contributed by atoms with E-state index in [4.69, 9.17) is 0 Å². The summed E-state index contributed by atoms with van der Waals surface area (Å²) < 4.78 is 27.7. The molecule has 0 radical (unpaired) electrons. The van der Waals surface area contributed by atoms with Gasteiger partial charge in [-0.2, -0.15) is 0 Å². The number of ether oxygens (including phenoxy) is 1. The van der Waals surface area contributed by atoms with E-state index >= 15 is 0 Å². The van der Waals surface area contributed by atoms with Crippen LogP contribution in [0.3, 0.4) is 0 Å². The summed E-state index contributed by atoms with van der Waals surface area (Å²) in [6, 6.07) is 0. The molecule has 0 heterocycles. The zero-order valence-corrected chi connectivity index (χ0v) is 5.03. The molecule has 0 aliphatic rings. The fourth-order valence-electron chi connectivity index (χ4n) is 0.300. The molecule has 0 amide bonds. The molecular weight excluding hydrogens is 114 g/mol. The zero-order valence-electron chi connectivity index (χ0n) is 5.03. The summed E-state index contributed by atoms with van der Waals surface area (Å²) in [7, 11) is 0. The highest BCUT2D eigenvalue weighted by Crippen LogP contribution is 2.03. The summed E-state index contributed by atoms with van der Waals surface area (Å²) in [6.07, 6.45) is -2.74. The molecule has 0 N–H and O–H groups in total. The van der Waals surface area contributed by atoms with Gasteiger partial charge in [-0.25, -0.2) is 8.78 Å². The normalized spacial score (nSPS) is 18.0. The standard InChI is InChI=1S/C5H10F2O/c1-3-5(7)8-4(2)6/h4-5H,3H2,1-2H3. The monoisotopic (exact) mass is 124 g/mol. The second kappa shape index (κ2) is 3.78. The summed E-state index contributed by atoms with van der Waals surface area (Å²) in [6.45, 7) is 2.75. The van der Waals surface area contributed by atoms with E-state index in [1.54, 1.807) is 6.92 Å². The van der Waals surface area contributed by atoms with Crippen LogP contribution in [0, 0.1) is 0 Å². The maximum absolute atomic E-state index is 11.9. The second-order valence-corrected chi connectivity index (χ2v) is 1.50. The molecular formula is C5H10F2O. The molecule has 8 heavy (non-hydrogen) atoms. The van der Waals surface area contributed by atoms with E-state index in [2.05, 4.69) is 4.74 Å². The van der Waals surface area contributed by atoms with Crippen LogP contribution in [0.2, 0.25) is 0 Å². The molecule has 0 aliphatic carbocycles. The molecule has 2 atom stereocenters. The number of hydrogen-bond acceptors (Lipinski definition) is 1. The van der Waals surface area contributed by atoms with Crippen LogP contribution in [0.1, 0.15) is 20.3 Å². The highest BCUT2D eigenvalue weighted by atomic mass is 19.2. The third-order valence-electron chi connectivity index (χ3n) is 0.656. The van der Waals surface area contributed by atoms with E-state index in [0.717, 1.165) is 6.92 Å². The first-order chi connectivity index (χ1) is 3.66.